The van der Waals surface area contributed by atoms with Gasteiger partial charge in [-0.2, -0.15) is 0 Å². The zero-order valence-corrected chi connectivity index (χ0v) is 12.2. The van der Waals surface area contributed by atoms with Crippen molar-refractivity contribution in [2.24, 2.45) is 0 Å². The molecule has 0 spiro atoms. The Labute approximate surface area is 131 Å². The summed E-state index contributed by atoms with van der Waals surface area (Å²) in [5.41, 5.74) is 0.937. The second-order valence-corrected chi connectivity index (χ2v) is 5.39. The van der Waals surface area contributed by atoms with Crippen LogP contribution in [0.1, 0.15) is 6.42 Å². The van der Waals surface area contributed by atoms with Crippen molar-refractivity contribution >= 4 is 34.8 Å². The van der Waals surface area contributed by atoms with Crippen LogP contribution in [0.3, 0.4) is 0 Å². The van der Waals surface area contributed by atoms with Crippen LogP contribution in [0.5, 0.6) is 0 Å². The van der Waals surface area contributed by atoms with E-state index in [2.05, 4.69) is 5.32 Å². The molecular formula is C16H12ClFN2O2. The SMILES string of the molecule is O=C1C[C@H](Nc2ccc(Cl)cc2)C(=O)N1c1cccc(F)c1. The van der Waals surface area contributed by atoms with Crippen molar-refractivity contribution in [1.29, 1.82) is 0 Å². The first-order valence-electron chi connectivity index (χ1n) is 6.69. The van der Waals surface area contributed by atoms with Gasteiger partial charge >= 0.3 is 0 Å². The highest BCUT2D eigenvalue weighted by Crippen LogP contribution is 2.25. The van der Waals surface area contributed by atoms with Gasteiger partial charge in [0.15, 0.2) is 0 Å². The largest absolute Gasteiger partial charge is 0.373 e. The number of carbonyl (C=O) groups excluding carboxylic acids is 2. The molecule has 2 aromatic carbocycles. The minimum atomic E-state index is -0.669. The summed E-state index contributed by atoms with van der Waals surface area (Å²) in [6.45, 7) is 0. The molecule has 0 bridgehead atoms. The first kappa shape index (κ1) is 14.5. The molecule has 0 unspecified atom stereocenters. The lowest BCUT2D eigenvalue weighted by Gasteiger charge is -2.16. The third kappa shape index (κ3) is 2.80. The first-order chi connectivity index (χ1) is 10.5. The second-order valence-electron chi connectivity index (χ2n) is 4.96. The molecule has 1 aliphatic heterocycles. The van der Waals surface area contributed by atoms with Gasteiger partial charge in [0, 0.05) is 10.7 Å². The predicted molar refractivity (Wildman–Crippen MR) is 82.4 cm³/mol. The molecule has 0 radical (unpaired) electrons. The van der Waals surface area contributed by atoms with E-state index >= 15 is 0 Å². The van der Waals surface area contributed by atoms with Gasteiger partial charge in [-0.1, -0.05) is 17.7 Å². The summed E-state index contributed by atoms with van der Waals surface area (Å²) >= 11 is 5.81. The van der Waals surface area contributed by atoms with E-state index in [-0.39, 0.29) is 18.0 Å². The van der Waals surface area contributed by atoms with Crippen LogP contribution in [0, 0.1) is 5.82 Å². The van der Waals surface area contributed by atoms with Crippen molar-refractivity contribution in [3.05, 3.63) is 59.4 Å². The molecule has 0 aromatic heterocycles. The van der Waals surface area contributed by atoms with Crippen molar-refractivity contribution in [3.8, 4) is 0 Å². The molecule has 4 nitrogen and oxygen atoms in total. The highest BCUT2D eigenvalue weighted by atomic mass is 35.5. The Morgan fingerprint density at radius 1 is 1.14 bits per heavy atom. The van der Waals surface area contributed by atoms with Crippen LogP contribution in [-0.2, 0) is 9.59 Å². The molecule has 2 aromatic rings. The lowest BCUT2D eigenvalue weighted by molar-refractivity contribution is -0.121. The summed E-state index contributed by atoms with van der Waals surface area (Å²) in [5.74, 6) is -1.25. The van der Waals surface area contributed by atoms with Crippen molar-refractivity contribution < 1.29 is 14.0 Å². The number of amides is 2. The highest BCUT2D eigenvalue weighted by molar-refractivity contribution is 6.30. The van der Waals surface area contributed by atoms with Crippen LogP contribution in [0.2, 0.25) is 5.02 Å². The third-order valence-corrected chi connectivity index (χ3v) is 3.65. The topological polar surface area (TPSA) is 49.4 Å². The number of carbonyl (C=O) groups is 2. The highest BCUT2D eigenvalue weighted by Gasteiger charge is 2.39. The predicted octanol–water partition coefficient (Wildman–Crippen LogP) is 3.22. The first-order valence-corrected chi connectivity index (χ1v) is 7.07. The summed E-state index contributed by atoms with van der Waals surface area (Å²) < 4.78 is 13.3. The molecule has 3 rings (SSSR count). The zero-order chi connectivity index (χ0) is 15.7. The number of halogens is 2. The van der Waals surface area contributed by atoms with Crippen LogP contribution in [0.15, 0.2) is 48.5 Å². The molecule has 1 atom stereocenters. The third-order valence-electron chi connectivity index (χ3n) is 3.40. The van der Waals surface area contributed by atoms with Gasteiger partial charge in [0.2, 0.25) is 5.91 Å². The Kier molecular flexibility index (Phi) is 3.81. The smallest absolute Gasteiger partial charge is 0.256 e. The minimum absolute atomic E-state index is 0.0258. The average molecular weight is 319 g/mol. The number of imide groups is 1. The Bertz CT molecular complexity index is 733. The van der Waals surface area contributed by atoms with Crippen LogP contribution >= 0.6 is 11.6 Å². The molecule has 0 saturated carbocycles. The molecule has 22 heavy (non-hydrogen) atoms. The number of anilines is 2. The van der Waals surface area contributed by atoms with E-state index in [9.17, 15) is 14.0 Å². The number of hydrogen-bond donors (Lipinski definition) is 1. The van der Waals surface area contributed by atoms with Gasteiger partial charge in [0.05, 0.1) is 12.1 Å². The van der Waals surface area contributed by atoms with Crippen molar-refractivity contribution in [2.75, 3.05) is 10.2 Å². The lowest BCUT2D eigenvalue weighted by atomic mass is 10.2. The summed E-state index contributed by atoms with van der Waals surface area (Å²) in [6.07, 6.45) is 0.0258. The monoisotopic (exact) mass is 318 g/mol. The van der Waals surface area contributed by atoms with E-state index in [1.165, 1.54) is 24.3 Å². The van der Waals surface area contributed by atoms with Gasteiger partial charge in [-0.25, -0.2) is 9.29 Å². The van der Waals surface area contributed by atoms with Crippen molar-refractivity contribution in [1.82, 2.24) is 0 Å². The number of benzene rings is 2. The van der Waals surface area contributed by atoms with Gasteiger partial charge in [0.25, 0.3) is 5.91 Å². The minimum Gasteiger partial charge on any atom is -0.373 e. The molecular weight excluding hydrogens is 307 g/mol. The van der Waals surface area contributed by atoms with Crippen LogP contribution in [-0.4, -0.2) is 17.9 Å². The van der Waals surface area contributed by atoms with E-state index in [0.717, 1.165) is 4.90 Å². The Balaban J connectivity index is 1.81. The number of nitrogens with one attached hydrogen (secondary N) is 1. The number of rotatable bonds is 3. The van der Waals surface area contributed by atoms with Gasteiger partial charge < -0.3 is 5.32 Å². The molecule has 1 saturated heterocycles. The van der Waals surface area contributed by atoms with E-state index in [1.54, 1.807) is 24.3 Å². The quantitative estimate of drug-likeness (QED) is 0.884. The Morgan fingerprint density at radius 2 is 1.86 bits per heavy atom. The zero-order valence-electron chi connectivity index (χ0n) is 11.4. The average Bonchev–Trinajstić information content (AvgIpc) is 2.76. The van der Waals surface area contributed by atoms with Crippen LogP contribution in [0.25, 0.3) is 0 Å². The van der Waals surface area contributed by atoms with Gasteiger partial charge in [0.1, 0.15) is 11.9 Å². The number of nitrogens with zero attached hydrogens (tertiary/aromatic N) is 1. The second kappa shape index (κ2) is 5.77. The fourth-order valence-corrected chi connectivity index (χ4v) is 2.50. The summed E-state index contributed by atoms with van der Waals surface area (Å²) in [4.78, 5) is 25.5. The van der Waals surface area contributed by atoms with Gasteiger partial charge in [-0.3, -0.25) is 9.59 Å². The van der Waals surface area contributed by atoms with Crippen LogP contribution < -0.4 is 10.2 Å². The fraction of sp³-hybridized carbons (Fsp3) is 0.125. The molecule has 1 fully saturated rings. The van der Waals surface area contributed by atoms with E-state index < -0.39 is 17.8 Å². The van der Waals surface area contributed by atoms with E-state index in [4.69, 9.17) is 11.6 Å². The molecule has 2 amide bonds. The standard InChI is InChI=1S/C16H12ClFN2O2/c17-10-4-6-12(7-5-10)19-14-9-15(21)20(16(14)22)13-3-1-2-11(18)8-13/h1-8,14,19H,9H2/t14-/m0/s1. The van der Waals surface area contributed by atoms with Crippen molar-refractivity contribution in [2.45, 2.75) is 12.5 Å². The van der Waals surface area contributed by atoms with E-state index in [0.29, 0.717) is 10.7 Å². The van der Waals surface area contributed by atoms with Gasteiger partial charge in [-0.05, 0) is 42.5 Å². The Hall–Kier alpha value is -2.40. The maximum Gasteiger partial charge on any atom is 0.256 e. The molecule has 0 aliphatic carbocycles. The molecule has 1 aliphatic rings. The Morgan fingerprint density at radius 3 is 2.55 bits per heavy atom. The summed E-state index contributed by atoms with van der Waals surface area (Å²) in [5, 5.41) is 3.58. The molecule has 1 heterocycles. The molecule has 1 N–H and O–H groups in total. The normalized spacial score (nSPS) is 17.9. The van der Waals surface area contributed by atoms with Gasteiger partial charge in [-0.15, -0.1) is 0 Å². The lowest BCUT2D eigenvalue weighted by Crippen LogP contribution is -2.34. The van der Waals surface area contributed by atoms with Crippen LogP contribution in [0.4, 0.5) is 15.8 Å². The van der Waals surface area contributed by atoms with E-state index in [1.807, 2.05) is 0 Å². The summed E-state index contributed by atoms with van der Waals surface area (Å²) in [7, 11) is 0. The molecule has 112 valence electrons. The number of hydrogen-bond acceptors (Lipinski definition) is 3. The summed E-state index contributed by atoms with van der Waals surface area (Å²) in [6, 6.07) is 11.6. The maximum absolute atomic E-state index is 13.3. The fourth-order valence-electron chi connectivity index (χ4n) is 2.38. The van der Waals surface area contributed by atoms with Crippen molar-refractivity contribution in [3.63, 3.8) is 0 Å². The molecule has 6 heteroatoms. The maximum atomic E-state index is 13.3.